The molecule has 1 aliphatic rings. The average molecular weight is 395 g/mol. The normalized spacial score (nSPS) is 18.4. The number of fused-ring (bicyclic) bond motifs is 2. The molecule has 0 spiro atoms. The minimum Gasteiger partial charge on any atom is -0.394 e. The number of sulfonamides is 1. The van der Waals surface area contributed by atoms with E-state index in [-0.39, 0.29) is 24.7 Å². The lowest BCUT2D eigenvalue weighted by atomic mass is 9.97. The van der Waals surface area contributed by atoms with Gasteiger partial charge in [0.1, 0.15) is 6.04 Å². The third kappa shape index (κ3) is 3.48. The molecule has 0 amide bonds. The Kier molecular flexibility index (Phi) is 5.62. The molecule has 8 heteroatoms. The van der Waals surface area contributed by atoms with Crippen molar-refractivity contribution in [3.63, 3.8) is 0 Å². The lowest BCUT2D eigenvalue weighted by Gasteiger charge is -2.19. The topological polar surface area (TPSA) is 79.2 Å². The van der Waals surface area contributed by atoms with Crippen LogP contribution in [0.3, 0.4) is 0 Å². The summed E-state index contributed by atoms with van der Waals surface area (Å²) in [5, 5.41) is 9.12. The van der Waals surface area contributed by atoms with Crippen LogP contribution in [0, 0.1) is 0 Å². The number of benzene rings is 2. The molecule has 138 valence electrons. The maximum atomic E-state index is 13.1. The third-order valence-electron chi connectivity index (χ3n) is 4.16. The van der Waals surface area contributed by atoms with Crippen LogP contribution in [0.25, 0.3) is 0 Å². The van der Waals surface area contributed by atoms with E-state index >= 15 is 0 Å². The van der Waals surface area contributed by atoms with E-state index < -0.39 is 16.1 Å². The van der Waals surface area contributed by atoms with Crippen molar-refractivity contribution < 1.29 is 18.3 Å². The van der Waals surface area contributed by atoms with E-state index in [0.717, 1.165) is 5.56 Å². The van der Waals surface area contributed by atoms with Crippen molar-refractivity contribution >= 4 is 33.5 Å². The molecule has 1 N–H and O–H groups in total. The predicted molar refractivity (Wildman–Crippen MR) is 102 cm³/mol. The quantitative estimate of drug-likeness (QED) is 0.624. The van der Waals surface area contributed by atoms with Crippen LogP contribution in [-0.4, -0.2) is 46.6 Å². The summed E-state index contributed by atoms with van der Waals surface area (Å²) in [7, 11) is -2.23. The molecule has 2 aromatic rings. The third-order valence-corrected chi connectivity index (χ3v) is 6.22. The Balaban J connectivity index is 2.15. The van der Waals surface area contributed by atoms with Crippen LogP contribution in [-0.2, 0) is 14.8 Å². The Morgan fingerprint density at radius 2 is 2.04 bits per heavy atom. The van der Waals surface area contributed by atoms with Gasteiger partial charge in [-0.3, -0.25) is 9.30 Å². The van der Waals surface area contributed by atoms with Gasteiger partial charge in [-0.05, 0) is 18.2 Å². The van der Waals surface area contributed by atoms with Crippen molar-refractivity contribution in [2.75, 3.05) is 31.2 Å². The smallest absolute Gasteiger partial charge is 0.264 e. The van der Waals surface area contributed by atoms with Gasteiger partial charge in [0.2, 0.25) is 0 Å². The van der Waals surface area contributed by atoms with Crippen LogP contribution >= 0.6 is 11.6 Å². The van der Waals surface area contributed by atoms with E-state index in [4.69, 9.17) is 21.4 Å². The average Bonchev–Trinajstić information content (AvgIpc) is 2.70. The van der Waals surface area contributed by atoms with Crippen molar-refractivity contribution in [3.05, 3.63) is 58.6 Å². The highest BCUT2D eigenvalue weighted by atomic mass is 35.5. The van der Waals surface area contributed by atoms with E-state index in [9.17, 15) is 8.42 Å². The zero-order valence-corrected chi connectivity index (χ0v) is 15.7. The standard InChI is InChI=1S/C18H19ClN2O4S/c1-21-16-5-3-2-4-14(16)18(20-8-10-25-11-9-22)15-7-6-13(19)12-17(15)26(21,23)24/h2-8,12,18,22H,9-11H2,1H3. The van der Waals surface area contributed by atoms with E-state index in [1.165, 1.54) is 17.4 Å². The van der Waals surface area contributed by atoms with Gasteiger partial charge >= 0.3 is 0 Å². The molecule has 26 heavy (non-hydrogen) atoms. The number of aliphatic hydroxyl groups is 1. The summed E-state index contributed by atoms with van der Waals surface area (Å²) in [5.74, 6) is 0. The molecular weight excluding hydrogens is 376 g/mol. The Morgan fingerprint density at radius 1 is 1.27 bits per heavy atom. The van der Waals surface area contributed by atoms with Gasteiger partial charge in [0, 0.05) is 29.4 Å². The first kappa shape index (κ1) is 18.8. The lowest BCUT2D eigenvalue weighted by Crippen LogP contribution is -2.26. The second-order valence-corrected chi connectivity index (χ2v) is 8.12. The number of rotatable bonds is 5. The van der Waals surface area contributed by atoms with Crippen LogP contribution < -0.4 is 4.31 Å². The molecule has 1 atom stereocenters. The maximum absolute atomic E-state index is 13.1. The molecular formula is C18H19ClN2O4S. The zero-order valence-electron chi connectivity index (χ0n) is 14.2. The fraction of sp³-hybridized carbons (Fsp3) is 0.278. The van der Waals surface area contributed by atoms with Crippen molar-refractivity contribution in [1.29, 1.82) is 0 Å². The van der Waals surface area contributed by atoms with Crippen LogP contribution in [0.2, 0.25) is 5.02 Å². The molecule has 1 aliphatic heterocycles. The van der Waals surface area contributed by atoms with Gasteiger partial charge in [-0.15, -0.1) is 0 Å². The molecule has 0 saturated heterocycles. The molecule has 0 radical (unpaired) electrons. The van der Waals surface area contributed by atoms with Crippen LogP contribution in [0.5, 0.6) is 0 Å². The summed E-state index contributed by atoms with van der Waals surface area (Å²) in [4.78, 5) is 4.70. The van der Waals surface area contributed by atoms with Crippen molar-refractivity contribution in [2.24, 2.45) is 4.99 Å². The lowest BCUT2D eigenvalue weighted by molar-refractivity contribution is 0.119. The first-order valence-corrected chi connectivity index (χ1v) is 9.86. The molecule has 0 fully saturated rings. The van der Waals surface area contributed by atoms with Crippen LogP contribution in [0.4, 0.5) is 5.69 Å². The number of halogens is 1. The number of anilines is 1. The SMILES string of the molecule is CN1c2ccccc2C(N=CCOCCO)c2ccc(Cl)cc2S1(=O)=O. The Morgan fingerprint density at radius 3 is 2.81 bits per heavy atom. The second kappa shape index (κ2) is 7.75. The van der Waals surface area contributed by atoms with E-state index in [0.29, 0.717) is 16.3 Å². The van der Waals surface area contributed by atoms with Gasteiger partial charge < -0.3 is 9.84 Å². The minimum atomic E-state index is -3.75. The second-order valence-electron chi connectivity index (χ2n) is 5.75. The predicted octanol–water partition coefficient (Wildman–Crippen LogP) is 2.65. The Bertz CT molecular complexity index is 931. The van der Waals surface area contributed by atoms with Crippen LogP contribution in [0.15, 0.2) is 52.4 Å². The summed E-state index contributed by atoms with van der Waals surface area (Å²) >= 11 is 6.06. The summed E-state index contributed by atoms with van der Waals surface area (Å²) in [6, 6.07) is 11.6. The first-order valence-electron chi connectivity index (χ1n) is 8.04. The summed E-state index contributed by atoms with van der Waals surface area (Å²) in [6.07, 6.45) is 1.59. The largest absolute Gasteiger partial charge is 0.394 e. The molecule has 3 rings (SSSR count). The monoisotopic (exact) mass is 394 g/mol. The van der Waals surface area contributed by atoms with Crippen LogP contribution in [0.1, 0.15) is 17.2 Å². The maximum Gasteiger partial charge on any atom is 0.264 e. The van der Waals surface area contributed by atoms with Crippen molar-refractivity contribution in [3.8, 4) is 0 Å². The molecule has 1 unspecified atom stereocenters. The fourth-order valence-corrected chi connectivity index (χ4v) is 4.63. The number of hydrogen-bond donors (Lipinski definition) is 1. The number of hydrogen-bond acceptors (Lipinski definition) is 5. The highest BCUT2D eigenvalue weighted by molar-refractivity contribution is 7.92. The molecule has 1 heterocycles. The molecule has 0 aromatic heterocycles. The molecule has 6 nitrogen and oxygen atoms in total. The molecule has 0 aliphatic carbocycles. The van der Waals surface area contributed by atoms with E-state index in [1.54, 1.807) is 30.5 Å². The highest BCUT2D eigenvalue weighted by Crippen LogP contribution is 2.42. The van der Waals surface area contributed by atoms with Gasteiger partial charge in [0.25, 0.3) is 10.0 Å². The summed E-state index contributed by atoms with van der Waals surface area (Å²) in [5.41, 5.74) is 1.90. The van der Waals surface area contributed by atoms with Gasteiger partial charge in [-0.1, -0.05) is 35.9 Å². The summed E-state index contributed by atoms with van der Waals surface area (Å²) in [6.45, 7) is 0.381. The zero-order chi connectivity index (χ0) is 18.7. The molecule has 0 bridgehead atoms. The summed E-state index contributed by atoms with van der Waals surface area (Å²) < 4.78 is 32.6. The number of aliphatic hydroxyl groups excluding tert-OH is 1. The fourth-order valence-electron chi connectivity index (χ4n) is 2.92. The van der Waals surface area contributed by atoms with Gasteiger partial charge in [-0.25, -0.2) is 8.42 Å². The van der Waals surface area contributed by atoms with E-state index in [2.05, 4.69) is 4.99 Å². The first-order chi connectivity index (χ1) is 12.5. The van der Waals surface area contributed by atoms with Crippen molar-refractivity contribution in [1.82, 2.24) is 0 Å². The number of ether oxygens (including phenoxy) is 1. The number of aliphatic imine (C=N–C) groups is 1. The highest BCUT2D eigenvalue weighted by Gasteiger charge is 2.34. The number of para-hydroxylation sites is 1. The minimum absolute atomic E-state index is 0.0650. The van der Waals surface area contributed by atoms with Crippen molar-refractivity contribution in [2.45, 2.75) is 10.9 Å². The Labute approximate surface area is 157 Å². The molecule has 2 aromatic carbocycles. The van der Waals surface area contributed by atoms with Gasteiger partial charge in [0.15, 0.2) is 0 Å². The van der Waals surface area contributed by atoms with Gasteiger partial charge in [0.05, 0.1) is 30.4 Å². The van der Waals surface area contributed by atoms with Gasteiger partial charge in [-0.2, -0.15) is 0 Å². The Hall–Kier alpha value is -1.93. The van der Waals surface area contributed by atoms with E-state index in [1.807, 2.05) is 12.1 Å². The molecule has 0 saturated carbocycles. The number of nitrogens with zero attached hydrogens (tertiary/aromatic N) is 2.